The minimum absolute atomic E-state index is 0.0788. The number of benzene rings is 3. The molecule has 172 valence electrons. The first kappa shape index (κ1) is 24.5. The molecule has 1 heterocycles. The first-order valence-electron chi connectivity index (χ1n) is 9.53. The van der Waals surface area contributed by atoms with Crippen LogP contribution in [0.2, 0.25) is 25.1 Å². The molecule has 0 atom stereocenters. The third kappa shape index (κ3) is 4.17. The predicted molar refractivity (Wildman–Crippen MR) is 130 cm³/mol. The molecule has 34 heavy (non-hydrogen) atoms. The van der Waals surface area contributed by atoms with E-state index in [-0.39, 0.29) is 42.3 Å². The standard InChI is InChI=1S/C23H11Cl5N2O4/c24-13-8-6-12(7-9-13)21(32)29(10-14(31)11-4-2-1-3-5-11)30-22(33)15-16(23(30)34)18(26)20(28)19(27)17(15)25/h1-9H,10H2. The quantitative estimate of drug-likeness (QED) is 0.156. The van der Waals surface area contributed by atoms with E-state index in [1.165, 1.54) is 24.3 Å². The lowest BCUT2D eigenvalue weighted by molar-refractivity contribution is 0.00532. The Morgan fingerprint density at radius 2 is 1.18 bits per heavy atom. The Kier molecular flexibility index (Phi) is 6.90. The summed E-state index contributed by atoms with van der Waals surface area (Å²) in [6.45, 7) is -0.631. The van der Waals surface area contributed by atoms with Crippen molar-refractivity contribution in [2.75, 3.05) is 6.54 Å². The summed E-state index contributed by atoms with van der Waals surface area (Å²) >= 11 is 30.4. The SMILES string of the molecule is O=C(CN(C(=O)c1ccc(Cl)cc1)N1C(=O)c2c(Cl)c(Cl)c(Cl)c(Cl)c2C1=O)c1ccccc1. The van der Waals surface area contributed by atoms with Gasteiger partial charge in [-0.2, -0.15) is 5.01 Å². The van der Waals surface area contributed by atoms with Crippen LogP contribution >= 0.6 is 58.0 Å². The Morgan fingerprint density at radius 1 is 0.676 bits per heavy atom. The van der Waals surface area contributed by atoms with Gasteiger partial charge in [0.05, 0.1) is 31.2 Å². The van der Waals surface area contributed by atoms with E-state index in [2.05, 4.69) is 0 Å². The van der Waals surface area contributed by atoms with Gasteiger partial charge in [0.1, 0.15) is 6.54 Å². The van der Waals surface area contributed by atoms with Crippen molar-refractivity contribution >= 4 is 81.5 Å². The molecule has 0 radical (unpaired) electrons. The summed E-state index contributed by atoms with van der Waals surface area (Å²) in [5, 5.41) is 0.606. The molecule has 3 aromatic carbocycles. The van der Waals surface area contributed by atoms with E-state index in [0.717, 1.165) is 5.01 Å². The van der Waals surface area contributed by atoms with Crippen molar-refractivity contribution in [1.82, 2.24) is 10.0 Å². The van der Waals surface area contributed by atoms with Crippen molar-refractivity contribution in [3.63, 3.8) is 0 Å². The lowest BCUT2D eigenvalue weighted by atomic mass is 10.1. The van der Waals surface area contributed by atoms with Crippen LogP contribution in [0.5, 0.6) is 0 Å². The second-order valence-electron chi connectivity index (χ2n) is 7.09. The van der Waals surface area contributed by atoms with E-state index in [0.29, 0.717) is 10.0 Å². The molecular formula is C23H11Cl5N2O4. The monoisotopic (exact) mass is 554 g/mol. The van der Waals surface area contributed by atoms with Crippen LogP contribution in [0.3, 0.4) is 0 Å². The summed E-state index contributed by atoms with van der Waals surface area (Å²) < 4.78 is 0. The second kappa shape index (κ2) is 9.56. The van der Waals surface area contributed by atoms with E-state index >= 15 is 0 Å². The highest BCUT2D eigenvalue weighted by Gasteiger charge is 2.46. The average molecular weight is 557 g/mol. The number of Topliss-reactive ketones (excluding diaryl/α,β-unsaturated/α-hetero) is 1. The molecule has 1 aliphatic rings. The Balaban J connectivity index is 1.82. The van der Waals surface area contributed by atoms with Crippen LogP contribution in [0.1, 0.15) is 41.4 Å². The Hall–Kier alpha value is -2.61. The highest BCUT2D eigenvalue weighted by Crippen LogP contribution is 2.45. The number of hydrogen-bond donors (Lipinski definition) is 0. The van der Waals surface area contributed by atoms with Crippen molar-refractivity contribution < 1.29 is 19.2 Å². The number of halogens is 5. The molecule has 0 saturated carbocycles. The van der Waals surface area contributed by atoms with E-state index in [9.17, 15) is 19.2 Å². The van der Waals surface area contributed by atoms with Crippen LogP contribution in [-0.2, 0) is 0 Å². The van der Waals surface area contributed by atoms with Gasteiger partial charge in [-0.25, -0.2) is 5.01 Å². The van der Waals surface area contributed by atoms with Crippen LogP contribution in [-0.4, -0.2) is 40.1 Å². The maximum absolute atomic E-state index is 13.4. The molecule has 0 bridgehead atoms. The minimum atomic E-state index is -0.978. The molecule has 0 saturated heterocycles. The van der Waals surface area contributed by atoms with Crippen LogP contribution in [0, 0.1) is 0 Å². The fourth-order valence-corrected chi connectivity index (χ4v) is 4.52. The topological polar surface area (TPSA) is 74.8 Å². The zero-order chi connectivity index (χ0) is 24.7. The first-order chi connectivity index (χ1) is 16.1. The van der Waals surface area contributed by atoms with Crippen molar-refractivity contribution in [3.8, 4) is 0 Å². The van der Waals surface area contributed by atoms with Gasteiger partial charge < -0.3 is 0 Å². The third-order valence-corrected chi connectivity index (χ3v) is 7.09. The van der Waals surface area contributed by atoms with Gasteiger partial charge in [0, 0.05) is 16.1 Å². The Morgan fingerprint density at radius 3 is 1.68 bits per heavy atom. The van der Waals surface area contributed by atoms with Gasteiger partial charge in [0.15, 0.2) is 5.78 Å². The van der Waals surface area contributed by atoms with Gasteiger partial charge in [0.2, 0.25) is 0 Å². The van der Waals surface area contributed by atoms with Crippen molar-refractivity contribution in [3.05, 3.63) is 102 Å². The van der Waals surface area contributed by atoms with E-state index < -0.39 is 30.0 Å². The van der Waals surface area contributed by atoms with Gasteiger partial charge in [-0.1, -0.05) is 88.3 Å². The molecule has 0 spiro atoms. The number of rotatable bonds is 5. The maximum atomic E-state index is 13.4. The number of carbonyl (C=O) groups excluding carboxylic acids is 4. The minimum Gasteiger partial charge on any atom is -0.292 e. The number of imide groups is 1. The average Bonchev–Trinajstić information content (AvgIpc) is 3.10. The zero-order valence-electron chi connectivity index (χ0n) is 16.8. The van der Waals surface area contributed by atoms with Gasteiger partial charge in [-0.15, -0.1) is 0 Å². The number of ketones is 1. The predicted octanol–water partition coefficient (Wildman–Crippen LogP) is 6.49. The summed E-state index contributed by atoms with van der Waals surface area (Å²) in [4.78, 5) is 53.0. The Labute approximate surface area is 218 Å². The summed E-state index contributed by atoms with van der Waals surface area (Å²) in [6, 6.07) is 13.8. The molecule has 0 aromatic heterocycles. The molecule has 0 unspecified atom stereocenters. The summed E-state index contributed by atoms with van der Waals surface area (Å²) in [6.07, 6.45) is 0. The first-order valence-corrected chi connectivity index (χ1v) is 11.4. The highest BCUT2D eigenvalue weighted by atomic mass is 35.5. The number of hydrazine groups is 1. The molecular weight excluding hydrogens is 546 g/mol. The number of carbonyl (C=O) groups is 4. The lowest BCUT2D eigenvalue weighted by Gasteiger charge is -2.29. The molecule has 0 aliphatic carbocycles. The van der Waals surface area contributed by atoms with E-state index in [1.807, 2.05) is 0 Å². The fourth-order valence-electron chi connectivity index (χ4n) is 3.38. The third-order valence-electron chi connectivity index (χ3n) is 5.04. The number of hydrogen-bond acceptors (Lipinski definition) is 4. The largest absolute Gasteiger partial charge is 0.292 e. The number of amides is 3. The fraction of sp³-hybridized carbons (Fsp3) is 0.0435. The molecule has 1 aliphatic heterocycles. The molecule has 11 heteroatoms. The van der Waals surface area contributed by atoms with Gasteiger partial charge >= 0.3 is 0 Å². The van der Waals surface area contributed by atoms with Crippen LogP contribution in [0.15, 0.2) is 54.6 Å². The zero-order valence-corrected chi connectivity index (χ0v) is 20.6. The van der Waals surface area contributed by atoms with Crippen LogP contribution in [0.25, 0.3) is 0 Å². The molecule has 3 aromatic rings. The number of fused-ring (bicyclic) bond motifs is 1. The van der Waals surface area contributed by atoms with E-state index in [4.69, 9.17) is 58.0 Å². The van der Waals surface area contributed by atoms with Gasteiger partial charge in [-0.05, 0) is 24.3 Å². The van der Waals surface area contributed by atoms with Crippen molar-refractivity contribution in [2.24, 2.45) is 0 Å². The molecule has 4 rings (SSSR count). The highest BCUT2D eigenvalue weighted by molar-refractivity contribution is 6.55. The maximum Gasteiger partial charge on any atom is 0.282 e. The number of nitrogens with zero attached hydrogens (tertiary/aromatic N) is 2. The van der Waals surface area contributed by atoms with Crippen LogP contribution < -0.4 is 0 Å². The van der Waals surface area contributed by atoms with Crippen molar-refractivity contribution in [2.45, 2.75) is 0 Å². The van der Waals surface area contributed by atoms with E-state index in [1.54, 1.807) is 30.3 Å². The van der Waals surface area contributed by atoms with Gasteiger partial charge in [0.25, 0.3) is 17.7 Å². The molecule has 3 amide bonds. The molecule has 0 N–H and O–H groups in total. The Bertz CT molecular complexity index is 1310. The smallest absolute Gasteiger partial charge is 0.282 e. The normalized spacial score (nSPS) is 12.7. The van der Waals surface area contributed by atoms with Crippen LogP contribution in [0.4, 0.5) is 0 Å². The van der Waals surface area contributed by atoms with Crippen molar-refractivity contribution in [1.29, 1.82) is 0 Å². The molecule has 6 nitrogen and oxygen atoms in total. The lowest BCUT2D eigenvalue weighted by Crippen LogP contribution is -2.51. The second-order valence-corrected chi connectivity index (χ2v) is 9.04. The summed E-state index contributed by atoms with van der Waals surface area (Å²) in [5.41, 5.74) is -0.274. The summed E-state index contributed by atoms with van der Waals surface area (Å²) in [7, 11) is 0. The van der Waals surface area contributed by atoms with Gasteiger partial charge in [-0.3, -0.25) is 19.2 Å². The molecule has 0 fully saturated rings. The summed E-state index contributed by atoms with van der Waals surface area (Å²) in [5.74, 6) is -3.28.